The molecule has 2 atom stereocenters. The molecule has 3 aliphatic carbocycles. The number of rotatable bonds is 10. The second-order valence-corrected chi connectivity index (χ2v) is 11.5. The van der Waals surface area contributed by atoms with Gasteiger partial charge in [0.25, 0.3) is 0 Å². The molecule has 0 heterocycles. The smallest absolute Gasteiger partial charge is 0.103 e. The van der Waals surface area contributed by atoms with Crippen LogP contribution in [0.15, 0.2) is 0 Å². The maximum atomic E-state index is 15.0. The zero-order chi connectivity index (χ0) is 21.3. The van der Waals surface area contributed by atoms with Crippen LogP contribution >= 0.6 is 0 Å². The van der Waals surface area contributed by atoms with Crippen molar-refractivity contribution < 1.29 is 8.78 Å². The summed E-state index contributed by atoms with van der Waals surface area (Å²) >= 11 is 0. The molecule has 176 valence electrons. The minimum Gasteiger partial charge on any atom is -0.247 e. The van der Waals surface area contributed by atoms with Crippen molar-refractivity contribution in [2.75, 3.05) is 0 Å². The molecule has 3 aliphatic rings. The Hall–Kier alpha value is -0.140. The fraction of sp³-hybridized carbons (Fsp3) is 1.00. The first-order valence-corrected chi connectivity index (χ1v) is 13.9. The maximum absolute atomic E-state index is 15.0. The van der Waals surface area contributed by atoms with Crippen molar-refractivity contribution in [1.82, 2.24) is 0 Å². The summed E-state index contributed by atoms with van der Waals surface area (Å²) in [6.45, 7) is 4.55. The average Bonchev–Trinajstić information content (AvgIpc) is 2.76. The fourth-order valence-electron chi connectivity index (χ4n) is 7.22. The minimum absolute atomic E-state index is 0.261. The first-order chi connectivity index (χ1) is 14.6. The highest BCUT2D eigenvalue weighted by Crippen LogP contribution is 2.42. The van der Waals surface area contributed by atoms with Gasteiger partial charge in [-0.05, 0) is 86.9 Å². The van der Waals surface area contributed by atoms with Crippen LogP contribution in [0.5, 0.6) is 0 Å². The molecule has 0 aromatic carbocycles. The third-order valence-electron chi connectivity index (χ3n) is 9.28. The Labute approximate surface area is 186 Å². The van der Waals surface area contributed by atoms with Crippen LogP contribution < -0.4 is 0 Å². The molecule has 3 fully saturated rings. The monoisotopic (exact) mass is 424 g/mol. The van der Waals surface area contributed by atoms with Crippen LogP contribution in [0.25, 0.3) is 0 Å². The molecule has 0 nitrogen and oxygen atoms in total. The third-order valence-corrected chi connectivity index (χ3v) is 9.28. The van der Waals surface area contributed by atoms with Crippen molar-refractivity contribution >= 4 is 0 Å². The zero-order valence-electron chi connectivity index (χ0n) is 20.1. The van der Waals surface area contributed by atoms with Gasteiger partial charge in [-0.3, -0.25) is 0 Å². The maximum Gasteiger partial charge on any atom is 0.103 e. The van der Waals surface area contributed by atoms with E-state index < -0.39 is 12.3 Å². The van der Waals surface area contributed by atoms with Crippen molar-refractivity contribution in [3.05, 3.63) is 0 Å². The molecule has 30 heavy (non-hydrogen) atoms. The predicted molar refractivity (Wildman–Crippen MR) is 125 cm³/mol. The molecule has 0 aromatic rings. The fourth-order valence-corrected chi connectivity index (χ4v) is 7.22. The normalized spacial score (nSPS) is 37.6. The van der Waals surface area contributed by atoms with Crippen molar-refractivity contribution in [2.45, 2.75) is 142 Å². The number of hydrogen-bond acceptors (Lipinski definition) is 0. The molecule has 0 radical (unpaired) electrons. The molecule has 0 N–H and O–H groups in total. The van der Waals surface area contributed by atoms with E-state index in [1.165, 1.54) is 64.2 Å². The molecular weight excluding hydrogens is 374 g/mol. The van der Waals surface area contributed by atoms with Gasteiger partial charge in [-0.25, -0.2) is 8.78 Å². The third kappa shape index (κ3) is 7.47. The number of halogens is 2. The topological polar surface area (TPSA) is 0 Å². The largest absolute Gasteiger partial charge is 0.247 e. The van der Waals surface area contributed by atoms with Crippen LogP contribution in [-0.4, -0.2) is 12.3 Å². The number of hydrogen-bond donors (Lipinski definition) is 0. The van der Waals surface area contributed by atoms with Gasteiger partial charge < -0.3 is 0 Å². The molecule has 0 bridgehead atoms. The lowest BCUT2D eigenvalue weighted by Crippen LogP contribution is -2.29. The molecule has 2 heteroatoms. The second-order valence-electron chi connectivity index (χ2n) is 11.5. The summed E-state index contributed by atoms with van der Waals surface area (Å²) in [5.74, 6) is 3.49. The Morgan fingerprint density at radius 2 is 0.800 bits per heavy atom. The van der Waals surface area contributed by atoms with Crippen LogP contribution in [0.3, 0.4) is 0 Å². The summed E-state index contributed by atoms with van der Waals surface area (Å²) < 4.78 is 30.0. The van der Waals surface area contributed by atoms with Crippen molar-refractivity contribution in [2.24, 2.45) is 35.5 Å². The molecule has 0 spiro atoms. The highest BCUT2D eigenvalue weighted by atomic mass is 19.1. The van der Waals surface area contributed by atoms with Crippen LogP contribution in [0.1, 0.15) is 129 Å². The zero-order valence-corrected chi connectivity index (χ0v) is 20.1. The van der Waals surface area contributed by atoms with E-state index in [0.29, 0.717) is 17.8 Å². The molecule has 0 amide bonds. The van der Waals surface area contributed by atoms with E-state index in [-0.39, 0.29) is 5.92 Å². The molecular formula is C28H50F2. The summed E-state index contributed by atoms with van der Waals surface area (Å²) in [5.41, 5.74) is 0. The first kappa shape index (κ1) is 24.5. The van der Waals surface area contributed by atoms with E-state index in [1.54, 1.807) is 0 Å². The average molecular weight is 425 g/mol. The number of alkyl halides is 2. The van der Waals surface area contributed by atoms with E-state index in [9.17, 15) is 4.39 Å². The lowest BCUT2D eigenvalue weighted by molar-refractivity contribution is 0.0885. The molecule has 3 rings (SSSR count). The predicted octanol–water partition coefficient (Wildman–Crippen LogP) is 9.46. The van der Waals surface area contributed by atoms with Crippen LogP contribution in [-0.2, 0) is 0 Å². The Morgan fingerprint density at radius 3 is 1.17 bits per heavy atom. The lowest BCUT2D eigenvalue weighted by atomic mass is 9.72. The van der Waals surface area contributed by atoms with Gasteiger partial charge >= 0.3 is 0 Å². The Kier molecular flexibility index (Phi) is 10.4. The highest BCUT2D eigenvalue weighted by molar-refractivity contribution is 4.84. The van der Waals surface area contributed by atoms with E-state index >= 15 is 4.39 Å². The van der Waals surface area contributed by atoms with Crippen molar-refractivity contribution in [3.63, 3.8) is 0 Å². The van der Waals surface area contributed by atoms with E-state index in [1.807, 2.05) is 0 Å². The van der Waals surface area contributed by atoms with Gasteiger partial charge in [0.15, 0.2) is 0 Å². The SMILES string of the molecule is CCC[C@H]1CC[C@H](CC(F)C2CCC(CC(F)[C@H]3CC[C@H](CCC)CC3)CC2)CC1. The van der Waals surface area contributed by atoms with Crippen molar-refractivity contribution in [1.29, 1.82) is 0 Å². The summed E-state index contributed by atoms with van der Waals surface area (Å²) in [5, 5.41) is 0. The van der Waals surface area contributed by atoms with E-state index in [0.717, 1.165) is 63.2 Å². The van der Waals surface area contributed by atoms with E-state index in [4.69, 9.17) is 0 Å². The summed E-state index contributed by atoms with van der Waals surface area (Å²) in [6, 6.07) is 0. The minimum atomic E-state index is -0.603. The van der Waals surface area contributed by atoms with Gasteiger partial charge in [-0.2, -0.15) is 0 Å². The van der Waals surface area contributed by atoms with Crippen LogP contribution in [0.4, 0.5) is 8.78 Å². The van der Waals surface area contributed by atoms with Crippen LogP contribution in [0.2, 0.25) is 0 Å². The van der Waals surface area contributed by atoms with Gasteiger partial charge in [0.2, 0.25) is 0 Å². The molecule has 0 aromatic heterocycles. The Balaban J connectivity index is 1.31. The van der Waals surface area contributed by atoms with Crippen molar-refractivity contribution in [3.8, 4) is 0 Å². The first-order valence-electron chi connectivity index (χ1n) is 13.9. The molecule has 2 unspecified atom stereocenters. The second kappa shape index (κ2) is 12.8. The van der Waals surface area contributed by atoms with Gasteiger partial charge in [0.1, 0.15) is 12.3 Å². The molecule has 0 aliphatic heterocycles. The van der Waals surface area contributed by atoms with Crippen LogP contribution in [0, 0.1) is 35.5 Å². The standard InChI is InChI=1S/C28H50F2/c1-3-5-21-7-9-23(10-8-21)19-27(29)26-17-13-24(14-18-26)20-28(30)25-15-11-22(6-4-2)12-16-25/h21-28H,3-20H2,1-2H3/t21-,22-,23-,24?,25-,26?,27?,28?. The summed E-state index contributed by atoms with van der Waals surface area (Å²) in [7, 11) is 0. The Bertz CT molecular complexity index is 440. The highest BCUT2D eigenvalue weighted by Gasteiger charge is 2.34. The summed E-state index contributed by atoms with van der Waals surface area (Å²) in [6.07, 6.45) is 19.6. The molecule has 3 saturated carbocycles. The van der Waals surface area contributed by atoms with Gasteiger partial charge in [-0.1, -0.05) is 78.1 Å². The van der Waals surface area contributed by atoms with Gasteiger partial charge in [0, 0.05) is 0 Å². The Morgan fingerprint density at radius 1 is 0.500 bits per heavy atom. The molecule has 0 saturated heterocycles. The quantitative estimate of drug-likeness (QED) is 0.327. The van der Waals surface area contributed by atoms with E-state index in [2.05, 4.69) is 13.8 Å². The lowest BCUT2D eigenvalue weighted by Gasteiger charge is -2.36. The summed E-state index contributed by atoms with van der Waals surface area (Å²) in [4.78, 5) is 0. The van der Waals surface area contributed by atoms with Gasteiger partial charge in [0.05, 0.1) is 0 Å². The van der Waals surface area contributed by atoms with Gasteiger partial charge in [-0.15, -0.1) is 0 Å².